The maximum atomic E-state index is 2.57. The highest BCUT2D eigenvalue weighted by molar-refractivity contribution is 6.18. The zero-order valence-electron chi connectivity index (χ0n) is 19.6. The molecule has 0 radical (unpaired) electrons. The van der Waals surface area contributed by atoms with Gasteiger partial charge in [0, 0.05) is 32.6 Å². The number of rotatable bonds is 2. The van der Waals surface area contributed by atoms with Crippen molar-refractivity contribution in [2.75, 3.05) is 0 Å². The van der Waals surface area contributed by atoms with Crippen LogP contribution in [0.15, 0.2) is 109 Å². The van der Waals surface area contributed by atoms with E-state index in [0.29, 0.717) is 12.0 Å². The second kappa shape index (κ2) is 7.11. The first-order valence-corrected chi connectivity index (χ1v) is 12.3. The molecule has 0 aliphatic heterocycles. The molecule has 0 bridgehead atoms. The molecule has 166 valence electrons. The van der Waals surface area contributed by atoms with Crippen LogP contribution in [-0.4, -0.2) is 9.13 Å². The summed E-state index contributed by atoms with van der Waals surface area (Å²) in [5, 5.41) is 5.33. The SMILES string of the molecule is CC1C=CC=CC1n1c2ccccc2c2cc3c4ccccc4n(C4(C)C=CC=CC4)c3cc21. The number of para-hydroxylation sites is 2. The number of hydrogen-bond acceptors (Lipinski definition) is 0. The first-order chi connectivity index (χ1) is 16.7. The van der Waals surface area contributed by atoms with Gasteiger partial charge in [0.25, 0.3) is 0 Å². The number of nitrogens with zero attached hydrogens (tertiary/aromatic N) is 2. The fraction of sp³-hybridized carbons (Fsp3) is 0.188. The Balaban J connectivity index is 1.65. The van der Waals surface area contributed by atoms with E-state index in [1.165, 1.54) is 43.6 Å². The van der Waals surface area contributed by atoms with E-state index in [1.54, 1.807) is 0 Å². The van der Waals surface area contributed by atoms with Gasteiger partial charge in [0.15, 0.2) is 0 Å². The monoisotopic (exact) mass is 440 g/mol. The van der Waals surface area contributed by atoms with Crippen molar-refractivity contribution in [3.63, 3.8) is 0 Å². The molecule has 0 spiro atoms. The van der Waals surface area contributed by atoms with Gasteiger partial charge in [-0.05, 0) is 43.5 Å². The smallest absolute Gasteiger partial charge is 0.0643 e. The lowest BCUT2D eigenvalue weighted by molar-refractivity contribution is 0.437. The number of allylic oxidation sites excluding steroid dienone is 8. The molecule has 0 amide bonds. The maximum Gasteiger partial charge on any atom is 0.0643 e. The Morgan fingerprint density at radius 2 is 1.41 bits per heavy atom. The van der Waals surface area contributed by atoms with E-state index in [4.69, 9.17) is 0 Å². The maximum absolute atomic E-state index is 2.57. The van der Waals surface area contributed by atoms with Gasteiger partial charge in [-0.2, -0.15) is 0 Å². The molecule has 3 aromatic carbocycles. The van der Waals surface area contributed by atoms with E-state index < -0.39 is 0 Å². The molecule has 0 saturated carbocycles. The van der Waals surface area contributed by atoms with E-state index in [0.717, 1.165) is 6.42 Å². The Kier molecular flexibility index (Phi) is 4.11. The van der Waals surface area contributed by atoms with Crippen LogP contribution in [0.25, 0.3) is 43.6 Å². The van der Waals surface area contributed by atoms with Crippen molar-refractivity contribution in [3.8, 4) is 0 Å². The molecule has 0 fully saturated rings. The summed E-state index contributed by atoms with van der Waals surface area (Å²) >= 11 is 0. The molecule has 2 heteroatoms. The molecule has 2 aromatic heterocycles. The molecular formula is C32H28N2. The fourth-order valence-electron chi connectivity index (χ4n) is 6.24. The summed E-state index contributed by atoms with van der Waals surface area (Å²) in [6.45, 7) is 4.68. The Morgan fingerprint density at radius 3 is 2.18 bits per heavy atom. The van der Waals surface area contributed by atoms with Crippen LogP contribution in [0, 0.1) is 5.92 Å². The minimum Gasteiger partial charge on any atom is -0.333 e. The van der Waals surface area contributed by atoms with Gasteiger partial charge in [-0.25, -0.2) is 0 Å². The molecule has 3 unspecified atom stereocenters. The standard InChI is InChI=1S/C32H28N2/c1-22-12-4-7-15-27(22)33-28-16-8-5-13-23(28)25-20-26-24-14-6-9-17-29(24)34(31(26)21-30(25)33)32(2)18-10-3-11-19-32/h3-18,20-22,27H,19H2,1-2H3. The third-order valence-electron chi connectivity index (χ3n) is 7.92. The van der Waals surface area contributed by atoms with E-state index >= 15 is 0 Å². The lowest BCUT2D eigenvalue weighted by Crippen LogP contribution is -2.27. The summed E-state index contributed by atoms with van der Waals surface area (Å²) in [6, 6.07) is 23.0. The molecule has 2 aliphatic carbocycles. The Morgan fingerprint density at radius 1 is 0.706 bits per heavy atom. The van der Waals surface area contributed by atoms with Crippen LogP contribution in [0.1, 0.15) is 26.3 Å². The van der Waals surface area contributed by atoms with Crippen LogP contribution in [0.2, 0.25) is 0 Å². The number of aromatic nitrogens is 2. The molecule has 0 saturated heterocycles. The topological polar surface area (TPSA) is 9.86 Å². The molecule has 5 aromatic rings. The first kappa shape index (κ1) is 19.7. The number of fused-ring (bicyclic) bond motifs is 6. The van der Waals surface area contributed by atoms with Gasteiger partial charge in [-0.3, -0.25) is 0 Å². The lowest BCUT2D eigenvalue weighted by Gasteiger charge is -2.31. The van der Waals surface area contributed by atoms with Crippen LogP contribution in [0.4, 0.5) is 0 Å². The third kappa shape index (κ3) is 2.63. The highest BCUT2D eigenvalue weighted by atomic mass is 15.1. The molecule has 2 nitrogen and oxygen atoms in total. The molecule has 7 rings (SSSR count). The minimum absolute atomic E-state index is 0.0958. The van der Waals surface area contributed by atoms with Crippen molar-refractivity contribution in [2.45, 2.75) is 31.8 Å². The highest BCUT2D eigenvalue weighted by Gasteiger charge is 2.29. The van der Waals surface area contributed by atoms with Crippen molar-refractivity contribution in [1.29, 1.82) is 0 Å². The van der Waals surface area contributed by atoms with Gasteiger partial charge in [-0.15, -0.1) is 0 Å². The van der Waals surface area contributed by atoms with Crippen LogP contribution in [0.3, 0.4) is 0 Å². The van der Waals surface area contributed by atoms with E-state index in [1.807, 2.05) is 0 Å². The lowest BCUT2D eigenvalue weighted by atomic mass is 9.92. The largest absolute Gasteiger partial charge is 0.333 e. The minimum atomic E-state index is -0.0958. The van der Waals surface area contributed by atoms with E-state index in [9.17, 15) is 0 Å². The van der Waals surface area contributed by atoms with Crippen molar-refractivity contribution >= 4 is 43.6 Å². The van der Waals surface area contributed by atoms with Crippen LogP contribution < -0.4 is 0 Å². The van der Waals surface area contributed by atoms with Gasteiger partial charge in [0.2, 0.25) is 0 Å². The normalized spacial score (nSPS) is 24.3. The number of benzene rings is 3. The molecule has 2 heterocycles. The van der Waals surface area contributed by atoms with Gasteiger partial charge in [0.1, 0.15) is 0 Å². The quantitative estimate of drug-likeness (QED) is 0.261. The Labute approximate surface area is 199 Å². The molecule has 0 N–H and O–H groups in total. The molecule has 3 atom stereocenters. The van der Waals surface area contributed by atoms with Crippen LogP contribution in [0.5, 0.6) is 0 Å². The highest BCUT2D eigenvalue weighted by Crippen LogP contribution is 2.43. The van der Waals surface area contributed by atoms with E-state index in [2.05, 4.69) is 132 Å². The first-order valence-electron chi connectivity index (χ1n) is 12.3. The fourth-order valence-corrected chi connectivity index (χ4v) is 6.24. The average Bonchev–Trinajstić information content (AvgIpc) is 3.36. The zero-order valence-corrected chi connectivity index (χ0v) is 19.6. The molecular weight excluding hydrogens is 412 g/mol. The average molecular weight is 441 g/mol. The van der Waals surface area contributed by atoms with Crippen molar-refractivity contribution < 1.29 is 0 Å². The van der Waals surface area contributed by atoms with Crippen molar-refractivity contribution in [1.82, 2.24) is 9.13 Å². The molecule has 34 heavy (non-hydrogen) atoms. The summed E-state index contributed by atoms with van der Waals surface area (Å²) in [5.41, 5.74) is 5.14. The van der Waals surface area contributed by atoms with Crippen molar-refractivity contribution in [2.24, 2.45) is 5.92 Å². The second-order valence-corrected chi connectivity index (χ2v) is 10.1. The summed E-state index contributed by atoms with van der Waals surface area (Å²) in [7, 11) is 0. The van der Waals surface area contributed by atoms with Gasteiger partial charge >= 0.3 is 0 Å². The van der Waals surface area contributed by atoms with Gasteiger partial charge in [-0.1, -0.05) is 91.9 Å². The van der Waals surface area contributed by atoms with Crippen LogP contribution >= 0.6 is 0 Å². The summed E-state index contributed by atoms with van der Waals surface area (Å²) in [5.74, 6) is 0.439. The zero-order chi connectivity index (χ0) is 22.9. The summed E-state index contributed by atoms with van der Waals surface area (Å²) in [6.07, 6.45) is 19.0. The Bertz CT molecular complexity index is 1720. The predicted octanol–water partition coefficient (Wildman–Crippen LogP) is 8.44. The van der Waals surface area contributed by atoms with Crippen molar-refractivity contribution in [3.05, 3.63) is 109 Å². The summed E-state index contributed by atoms with van der Waals surface area (Å²) in [4.78, 5) is 0. The summed E-state index contributed by atoms with van der Waals surface area (Å²) < 4.78 is 5.13. The van der Waals surface area contributed by atoms with Gasteiger partial charge < -0.3 is 9.13 Å². The third-order valence-corrected chi connectivity index (χ3v) is 7.92. The molecule has 2 aliphatic rings. The predicted molar refractivity (Wildman–Crippen MR) is 145 cm³/mol. The van der Waals surface area contributed by atoms with Gasteiger partial charge in [0.05, 0.1) is 22.6 Å². The van der Waals surface area contributed by atoms with Crippen LogP contribution in [-0.2, 0) is 5.54 Å². The Hall–Kier alpha value is -3.78. The number of hydrogen-bond donors (Lipinski definition) is 0. The van der Waals surface area contributed by atoms with E-state index in [-0.39, 0.29) is 5.54 Å². The second-order valence-electron chi connectivity index (χ2n) is 10.1.